The molecule has 0 saturated carbocycles. The highest BCUT2D eigenvalue weighted by molar-refractivity contribution is 5.95. The van der Waals surface area contributed by atoms with Gasteiger partial charge in [-0.25, -0.2) is 9.59 Å². The minimum atomic E-state index is -4.81. The van der Waals surface area contributed by atoms with Crippen molar-refractivity contribution < 1.29 is 41.8 Å². The molecule has 2 N–H and O–H groups in total. The fourth-order valence-electron chi connectivity index (χ4n) is 2.40. The summed E-state index contributed by atoms with van der Waals surface area (Å²) in [5.74, 6) is -1.85. The number of hydrogen-bond donors (Lipinski definition) is 2. The van der Waals surface area contributed by atoms with Crippen molar-refractivity contribution in [3.63, 3.8) is 0 Å². The predicted molar refractivity (Wildman–Crippen MR) is 112 cm³/mol. The number of carbonyl (C=O) groups excluding carboxylic acids is 3. The van der Waals surface area contributed by atoms with Gasteiger partial charge in [0.2, 0.25) is 0 Å². The van der Waals surface area contributed by atoms with Crippen molar-refractivity contribution in [3.05, 3.63) is 59.7 Å². The molecule has 0 aliphatic rings. The molecule has 0 heterocycles. The molecule has 0 radical (unpaired) electrons. The summed E-state index contributed by atoms with van der Waals surface area (Å²) in [7, 11) is 0. The van der Waals surface area contributed by atoms with Gasteiger partial charge in [-0.3, -0.25) is 4.79 Å². The van der Waals surface area contributed by atoms with Gasteiger partial charge in [-0.2, -0.15) is 0 Å². The molecule has 0 atom stereocenters. The zero-order chi connectivity index (χ0) is 24.6. The van der Waals surface area contributed by atoms with E-state index in [-0.39, 0.29) is 17.8 Å². The van der Waals surface area contributed by atoms with Crippen LogP contribution in [0.25, 0.3) is 0 Å². The van der Waals surface area contributed by atoms with Crippen LogP contribution < -0.4 is 15.4 Å². The van der Waals surface area contributed by atoms with Crippen molar-refractivity contribution in [3.8, 4) is 5.75 Å². The van der Waals surface area contributed by atoms with E-state index in [9.17, 15) is 27.6 Å². The summed E-state index contributed by atoms with van der Waals surface area (Å²) in [6.45, 7) is 4.84. The van der Waals surface area contributed by atoms with Gasteiger partial charge < -0.3 is 24.8 Å². The quantitative estimate of drug-likeness (QED) is 0.584. The molecule has 0 aromatic heterocycles. The van der Waals surface area contributed by atoms with Crippen molar-refractivity contribution in [2.45, 2.75) is 39.3 Å². The third-order valence-electron chi connectivity index (χ3n) is 3.73. The van der Waals surface area contributed by atoms with Crippen LogP contribution >= 0.6 is 0 Å². The van der Waals surface area contributed by atoms with Gasteiger partial charge in [0.1, 0.15) is 11.4 Å². The number of esters is 1. The van der Waals surface area contributed by atoms with E-state index < -0.39 is 42.3 Å². The highest BCUT2D eigenvalue weighted by atomic mass is 19.4. The molecule has 33 heavy (non-hydrogen) atoms. The lowest BCUT2D eigenvalue weighted by Crippen LogP contribution is -2.32. The Morgan fingerprint density at radius 3 is 2.06 bits per heavy atom. The molecule has 0 aliphatic carbocycles. The number of carbonyl (C=O) groups is 3. The van der Waals surface area contributed by atoms with Crippen LogP contribution in [0.5, 0.6) is 5.75 Å². The molecule has 0 fully saturated rings. The summed E-state index contributed by atoms with van der Waals surface area (Å²) in [5.41, 5.74) is 0.493. The minimum Gasteiger partial charge on any atom is -0.452 e. The van der Waals surface area contributed by atoms with Crippen molar-refractivity contribution >= 4 is 23.7 Å². The summed E-state index contributed by atoms with van der Waals surface area (Å²) in [5, 5.41) is 4.97. The fourth-order valence-corrected chi connectivity index (χ4v) is 2.40. The number of benzene rings is 2. The minimum absolute atomic E-state index is 0.192. The van der Waals surface area contributed by atoms with Gasteiger partial charge >= 0.3 is 18.4 Å². The van der Waals surface area contributed by atoms with Crippen LogP contribution in [-0.4, -0.2) is 36.5 Å². The third kappa shape index (κ3) is 9.93. The van der Waals surface area contributed by atoms with Gasteiger partial charge in [0.25, 0.3) is 5.91 Å². The molecule has 0 bridgehead atoms. The Balaban J connectivity index is 1.78. The van der Waals surface area contributed by atoms with E-state index in [1.165, 1.54) is 24.3 Å². The number of anilines is 1. The molecule has 0 spiro atoms. The van der Waals surface area contributed by atoms with Gasteiger partial charge in [0, 0.05) is 12.2 Å². The number of hydrogen-bond acceptors (Lipinski definition) is 6. The Bertz CT molecular complexity index is 968. The van der Waals surface area contributed by atoms with Gasteiger partial charge in [0.05, 0.1) is 5.56 Å². The van der Waals surface area contributed by atoms with Crippen molar-refractivity contribution in [2.75, 3.05) is 11.9 Å². The normalized spacial score (nSPS) is 11.3. The molecule has 0 saturated heterocycles. The molecule has 0 unspecified atom stereocenters. The Morgan fingerprint density at radius 1 is 0.909 bits per heavy atom. The van der Waals surface area contributed by atoms with E-state index >= 15 is 0 Å². The lowest BCUT2D eigenvalue weighted by molar-refractivity contribution is -0.274. The number of rotatable bonds is 7. The predicted octanol–water partition coefficient (Wildman–Crippen LogP) is 4.41. The topological polar surface area (TPSA) is 103 Å². The number of alkyl halides is 3. The smallest absolute Gasteiger partial charge is 0.452 e. The molecule has 2 aromatic carbocycles. The number of amides is 2. The SMILES string of the molecule is CC(C)(C)OC(=O)NCc1ccc(C(=O)OCC(=O)Nc2ccc(OC(F)(F)F)cc2)cc1. The molecular formula is C22H23F3N2O6. The fraction of sp³-hybridized carbons (Fsp3) is 0.318. The molecule has 2 aromatic rings. The van der Waals surface area contributed by atoms with Crippen molar-refractivity contribution in [1.29, 1.82) is 0 Å². The van der Waals surface area contributed by atoms with Crippen LogP contribution in [0.3, 0.4) is 0 Å². The molecule has 11 heteroatoms. The second-order valence-electron chi connectivity index (χ2n) is 7.75. The number of halogens is 3. The maximum Gasteiger partial charge on any atom is 0.573 e. The average molecular weight is 468 g/mol. The van der Waals surface area contributed by atoms with Crippen molar-refractivity contribution in [1.82, 2.24) is 5.32 Å². The Morgan fingerprint density at radius 2 is 1.52 bits per heavy atom. The summed E-state index contributed by atoms with van der Waals surface area (Å²) >= 11 is 0. The second-order valence-corrected chi connectivity index (χ2v) is 7.75. The standard InChI is InChI=1S/C22H23F3N2O6/c1-21(2,3)33-20(30)26-12-14-4-6-15(7-5-14)19(29)31-13-18(28)27-16-8-10-17(11-9-16)32-22(23,24)25/h4-11H,12-13H2,1-3H3,(H,26,30)(H,27,28). The van der Waals surface area contributed by atoms with E-state index in [2.05, 4.69) is 15.4 Å². The monoisotopic (exact) mass is 468 g/mol. The number of nitrogens with one attached hydrogen (secondary N) is 2. The molecule has 2 rings (SSSR count). The molecule has 0 aliphatic heterocycles. The second kappa shape index (κ2) is 10.7. The first-order valence-electron chi connectivity index (χ1n) is 9.69. The molecular weight excluding hydrogens is 445 g/mol. The van der Waals surface area contributed by atoms with Gasteiger partial charge in [0.15, 0.2) is 6.61 Å². The number of ether oxygens (including phenoxy) is 3. The Hall–Kier alpha value is -3.76. The lowest BCUT2D eigenvalue weighted by Gasteiger charge is -2.19. The highest BCUT2D eigenvalue weighted by Crippen LogP contribution is 2.23. The van der Waals surface area contributed by atoms with E-state index in [4.69, 9.17) is 9.47 Å². The average Bonchev–Trinajstić information content (AvgIpc) is 2.70. The van der Waals surface area contributed by atoms with Crippen molar-refractivity contribution in [2.24, 2.45) is 0 Å². The van der Waals surface area contributed by atoms with E-state index in [1.807, 2.05) is 0 Å². The highest BCUT2D eigenvalue weighted by Gasteiger charge is 2.31. The van der Waals surface area contributed by atoms with Crippen LogP contribution in [0.2, 0.25) is 0 Å². The van der Waals surface area contributed by atoms with E-state index in [0.29, 0.717) is 5.56 Å². The van der Waals surface area contributed by atoms with Crippen LogP contribution in [0.1, 0.15) is 36.7 Å². The first-order chi connectivity index (χ1) is 15.3. The van der Waals surface area contributed by atoms with Crippen LogP contribution in [0.15, 0.2) is 48.5 Å². The third-order valence-corrected chi connectivity index (χ3v) is 3.73. The zero-order valence-corrected chi connectivity index (χ0v) is 18.1. The van der Waals surface area contributed by atoms with E-state index in [1.54, 1.807) is 32.9 Å². The summed E-state index contributed by atoms with van der Waals surface area (Å²) in [6.07, 6.45) is -5.38. The molecule has 2 amide bonds. The van der Waals surface area contributed by atoms with Crippen LogP contribution in [-0.2, 0) is 20.8 Å². The Labute approximate surface area is 188 Å². The van der Waals surface area contributed by atoms with Gasteiger partial charge in [-0.1, -0.05) is 12.1 Å². The summed E-state index contributed by atoms with van der Waals surface area (Å²) < 4.78 is 50.3. The van der Waals surface area contributed by atoms with E-state index in [0.717, 1.165) is 12.1 Å². The van der Waals surface area contributed by atoms with Crippen LogP contribution in [0.4, 0.5) is 23.7 Å². The zero-order valence-electron chi connectivity index (χ0n) is 18.1. The van der Waals surface area contributed by atoms with Crippen LogP contribution in [0, 0.1) is 0 Å². The maximum atomic E-state index is 12.2. The molecule has 8 nitrogen and oxygen atoms in total. The first kappa shape index (κ1) is 25.5. The molecule has 178 valence electrons. The largest absolute Gasteiger partial charge is 0.573 e. The summed E-state index contributed by atoms with van der Waals surface area (Å²) in [6, 6.07) is 10.7. The van der Waals surface area contributed by atoms with Gasteiger partial charge in [-0.15, -0.1) is 13.2 Å². The first-order valence-corrected chi connectivity index (χ1v) is 9.69. The Kier molecular flexibility index (Phi) is 8.27. The summed E-state index contributed by atoms with van der Waals surface area (Å²) in [4.78, 5) is 35.7. The van der Waals surface area contributed by atoms with Gasteiger partial charge in [-0.05, 0) is 62.7 Å². The lowest BCUT2D eigenvalue weighted by atomic mass is 10.1. The number of alkyl carbamates (subject to hydrolysis) is 1. The maximum absolute atomic E-state index is 12.2.